The molecule has 1 fully saturated rings. The topological polar surface area (TPSA) is 21.3 Å². The Morgan fingerprint density at radius 3 is 2.65 bits per heavy atom. The molecule has 0 aliphatic heterocycles. The van der Waals surface area contributed by atoms with E-state index in [1.807, 2.05) is 18.2 Å². The highest BCUT2D eigenvalue weighted by atomic mass is 79.9. The van der Waals surface area contributed by atoms with Crippen LogP contribution in [0.2, 0.25) is 5.02 Å². The van der Waals surface area contributed by atoms with Gasteiger partial charge in [-0.05, 0) is 43.9 Å². The molecule has 94 valence electrons. The van der Waals surface area contributed by atoms with Gasteiger partial charge >= 0.3 is 0 Å². The van der Waals surface area contributed by atoms with Crippen molar-refractivity contribution in [3.63, 3.8) is 0 Å². The molecule has 0 radical (unpaired) electrons. The molecule has 0 heterocycles. The maximum absolute atomic E-state index is 6.16. The van der Waals surface area contributed by atoms with Crippen LogP contribution in [0, 0.1) is 0 Å². The lowest BCUT2D eigenvalue weighted by Crippen LogP contribution is -2.29. The quantitative estimate of drug-likeness (QED) is 0.887. The van der Waals surface area contributed by atoms with Gasteiger partial charge in [0.25, 0.3) is 0 Å². The number of hydrogen-bond donors (Lipinski definition) is 1. The van der Waals surface area contributed by atoms with Crippen molar-refractivity contribution in [1.82, 2.24) is 0 Å². The predicted octanol–water partition coefficient (Wildman–Crippen LogP) is 4.47. The Hall–Kier alpha value is -0.250. The number of rotatable bonds is 3. The third-order valence-corrected chi connectivity index (χ3v) is 4.12. The van der Waals surface area contributed by atoms with Crippen molar-refractivity contribution in [2.75, 3.05) is 12.4 Å². The summed E-state index contributed by atoms with van der Waals surface area (Å²) in [6.07, 6.45) is 4.97. The Kier molecular flexibility index (Phi) is 4.71. The molecule has 1 aliphatic carbocycles. The van der Waals surface area contributed by atoms with Crippen molar-refractivity contribution >= 4 is 33.2 Å². The van der Waals surface area contributed by atoms with Crippen LogP contribution in [0.4, 0.5) is 5.69 Å². The van der Waals surface area contributed by atoms with Gasteiger partial charge in [-0.3, -0.25) is 0 Å². The van der Waals surface area contributed by atoms with Crippen LogP contribution in [0.15, 0.2) is 22.7 Å². The summed E-state index contributed by atoms with van der Waals surface area (Å²) in [5.74, 6) is 0. The van der Waals surface area contributed by atoms with Crippen molar-refractivity contribution in [2.45, 2.75) is 37.8 Å². The summed E-state index contributed by atoms with van der Waals surface area (Å²) in [6, 6.07) is 6.41. The number of methoxy groups -OCH3 is 1. The number of benzene rings is 1. The van der Waals surface area contributed by atoms with Gasteiger partial charge in [-0.25, -0.2) is 0 Å². The van der Waals surface area contributed by atoms with Crippen LogP contribution in [0.3, 0.4) is 0 Å². The van der Waals surface area contributed by atoms with E-state index >= 15 is 0 Å². The molecule has 2 nitrogen and oxygen atoms in total. The Morgan fingerprint density at radius 2 is 2.00 bits per heavy atom. The molecule has 2 rings (SSSR count). The fourth-order valence-electron chi connectivity index (χ4n) is 2.27. The molecule has 0 bridgehead atoms. The van der Waals surface area contributed by atoms with E-state index in [0.29, 0.717) is 12.1 Å². The first-order valence-electron chi connectivity index (χ1n) is 5.93. The third kappa shape index (κ3) is 3.60. The van der Waals surface area contributed by atoms with Crippen LogP contribution in [0.25, 0.3) is 0 Å². The number of nitrogens with one attached hydrogen (secondary N) is 1. The molecular weight excluding hydrogens is 302 g/mol. The van der Waals surface area contributed by atoms with E-state index in [4.69, 9.17) is 16.3 Å². The third-order valence-electron chi connectivity index (χ3n) is 3.30. The summed E-state index contributed by atoms with van der Waals surface area (Å²) in [4.78, 5) is 0. The maximum atomic E-state index is 6.16. The van der Waals surface area contributed by atoms with Crippen LogP contribution in [-0.2, 0) is 4.74 Å². The second kappa shape index (κ2) is 6.07. The molecule has 1 N–H and O–H groups in total. The Balaban J connectivity index is 1.95. The van der Waals surface area contributed by atoms with Gasteiger partial charge in [0.2, 0.25) is 0 Å². The first-order valence-corrected chi connectivity index (χ1v) is 7.10. The van der Waals surface area contributed by atoms with Gasteiger partial charge < -0.3 is 10.1 Å². The first-order chi connectivity index (χ1) is 8.19. The minimum atomic E-state index is 0.436. The van der Waals surface area contributed by atoms with Crippen LogP contribution >= 0.6 is 27.5 Å². The minimum absolute atomic E-state index is 0.436. The fraction of sp³-hybridized carbons (Fsp3) is 0.538. The number of ether oxygens (including phenoxy) is 1. The van der Waals surface area contributed by atoms with E-state index < -0.39 is 0 Å². The zero-order valence-corrected chi connectivity index (χ0v) is 12.2. The molecule has 0 amide bonds. The molecular formula is C13H17BrClNO. The molecule has 0 atom stereocenters. The SMILES string of the molecule is COC1CCC(Nc2cc(Br)ccc2Cl)CC1. The van der Waals surface area contributed by atoms with Gasteiger partial charge in [-0.2, -0.15) is 0 Å². The Labute approximate surface area is 116 Å². The lowest BCUT2D eigenvalue weighted by atomic mass is 9.93. The van der Waals surface area contributed by atoms with Gasteiger partial charge in [0.1, 0.15) is 0 Å². The standard InChI is InChI=1S/C13H17BrClNO/c1-17-11-5-3-10(4-6-11)16-13-8-9(14)2-7-12(13)15/h2,7-8,10-11,16H,3-6H2,1H3. The first kappa shape index (κ1) is 13.2. The summed E-state index contributed by atoms with van der Waals surface area (Å²) in [5.41, 5.74) is 1.02. The Morgan fingerprint density at radius 1 is 1.29 bits per heavy atom. The van der Waals surface area contributed by atoms with E-state index in [1.54, 1.807) is 7.11 Å². The molecule has 1 aromatic carbocycles. The highest BCUT2D eigenvalue weighted by Gasteiger charge is 2.21. The van der Waals surface area contributed by atoms with Gasteiger partial charge in [0, 0.05) is 17.6 Å². The number of anilines is 1. The van der Waals surface area contributed by atoms with E-state index in [9.17, 15) is 0 Å². The normalized spacial score (nSPS) is 24.6. The highest BCUT2D eigenvalue weighted by molar-refractivity contribution is 9.10. The van der Waals surface area contributed by atoms with Gasteiger partial charge in [-0.1, -0.05) is 27.5 Å². The monoisotopic (exact) mass is 317 g/mol. The van der Waals surface area contributed by atoms with Gasteiger partial charge in [0.15, 0.2) is 0 Å². The molecule has 0 aromatic heterocycles. The van der Waals surface area contributed by atoms with Crippen molar-refractivity contribution in [2.24, 2.45) is 0 Å². The van der Waals surface area contributed by atoms with Crippen LogP contribution in [0.5, 0.6) is 0 Å². The van der Waals surface area contributed by atoms with Crippen molar-refractivity contribution in [3.05, 3.63) is 27.7 Å². The lowest BCUT2D eigenvalue weighted by Gasteiger charge is -2.29. The van der Waals surface area contributed by atoms with Crippen molar-refractivity contribution in [3.8, 4) is 0 Å². The summed E-state index contributed by atoms with van der Waals surface area (Å²) in [5, 5.41) is 4.30. The van der Waals surface area contributed by atoms with E-state index in [1.165, 1.54) is 0 Å². The predicted molar refractivity (Wildman–Crippen MR) is 75.8 cm³/mol. The van der Waals surface area contributed by atoms with Crippen LogP contribution in [-0.4, -0.2) is 19.3 Å². The smallest absolute Gasteiger partial charge is 0.0638 e. The summed E-state index contributed by atoms with van der Waals surface area (Å²) in [6.45, 7) is 0. The largest absolute Gasteiger partial charge is 0.381 e. The molecule has 0 spiro atoms. The van der Waals surface area contributed by atoms with E-state index in [0.717, 1.165) is 40.9 Å². The fourth-order valence-corrected chi connectivity index (χ4v) is 2.80. The maximum Gasteiger partial charge on any atom is 0.0638 e. The molecule has 0 unspecified atom stereocenters. The summed E-state index contributed by atoms with van der Waals surface area (Å²) in [7, 11) is 1.80. The van der Waals surface area contributed by atoms with Gasteiger partial charge in [0.05, 0.1) is 16.8 Å². The zero-order valence-electron chi connectivity index (χ0n) is 9.88. The molecule has 0 saturated heterocycles. The molecule has 1 aromatic rings. The molecule has 1 aliphatic rings. The van der Waals surface area contributed by atoms with E-state index in [-0.39, 0.29) is 0 Å². The second-order valence-electron chi connectivity index (χ2n) is 4.48. The molecule has 17 heavy (non-hydrogen) atoms. The Bertz CT molecular complexity index is 378. The van der Waals surface area contributed by atoms with Crippen LogP contribution < -0.4 is 5.32 Å². The van der Waals surface area contributed by atoms with Gasteiger partial charge in [-0.15, -0.1) is 0 Å². The lowest BCUT2D eigenvalue weighted by molar-refractivity contribution is 0.0682. The minimum Gasteiger partial charge on any atom is -0.381 e. The number of halogens is 2. The summed E-state index contributed by atoms with van der Waals surface area (Å²) >= 11 is 9.63. The second-order valence-corrected chi connectivity index (χ2v) is 5.80. The van der Waals surface area contributed by atoms with Crippen LogP contribution in [0.1, 0.15) is 25.7 Å². The number of hydrogen-bond acceptors (Lipinski definition) is 2. The highest BCUT2D eigenvalue weighted by Crippen LogP contribution is 2.29. The van der Waals surface area contributed by atoms with Crippen molar-refractivity contribution < 1.29 is 4.74 Å². The van der Waals surface area contributed by atoms with Crippen molar-refractivity contribution in [1.29, 1.82) is 0 Å². The average molecular weight is 319 g/mol. The average Bonchev–Trinajstić information content (AvgIpc) is 2.35. The zero-order chi connectivity index (χ0) is 12.3. The summed E-state index contributed by atoms with van der Waals surface area (Å²) < 4.78 is 6.42. The molecule has 4 heteroatoms. The molecule has 1 saturated carbocycles. The van der Waals surface area contributed by atoms with E-state index in [2.05, 4.69) is 21.2 Å².